The second-order valence-corrected chi connectivity index (χ2v) is 6.70. The predicted octanol–water partition coefficient (Wildman–Crippen LogP) is 2.87. The number of carbonyl (C=O) groups is 2. The Morgan fingerprint density at radius 1 is 1.43 bits per heavy atom. The lowest BCUT2D eigenvalue weighted by Gasteiger charge is -2.30. The van der Waals surface area contributed by atoms with Gasteiger partial charge in [-0.15, -0.1) is 11.3 Å². The van der Waals surface area contributed by atoms with E-state index in [0.29, 0.717) is 13.0 Å². The Kier molecular flexibility index (Phi) is 5.79. The Bertz CT molecular complexity index is 466. The zero-order chi connectivity index (χ0) is 15.2. The standard InChI is InChI=1S/C16H23NO3S/c1-12(16(19)20-2)11-17(13-6-3-4-7-13)15(18)10-14-8-5-9-21-14/h5,8-9,12-13H,3-4,6-7,10-11H2,1-2H3. The van der Waals surface area contributed by atoms with Crippen LogP contribution >= 0.6 is 11.3 Å². The highest BCUT2D eigenvalue weighted by atomic mass is 32.1. The van der Waals surface area contributed by atoms with E-state index in [0.717, 1.165) is 17.7 Å². The molecule has 1 aliphatic rings. The first kappa shape index (κ1) is 16.0. The first-order valence-electron chi connectivity index (χ1n) is 7.51. The number of rotatable bonds is 6. The largest absolute Gasteiger partial charge is 0.469 e. The Balaban J connectivity index is 2.04. The summed E-state index contributed by atoms with van der Waals surface area (Å²) in [4.78, 5) is 27.3. The summed E-state index contributed by atoms with van der Waals surface area (Å²) in [6, 6.07) is 4.23. The number of hydrogen-bond acceptors (Lipinski definition) is 4. The number of thiophene rings is 1. The molecule has 1 unspecified atom stereocenters. The number of esters is 1. The van der Waals surface area contributed by atoms with Crippen LogP contribution in [0.2, 0.25) is 0 Å². The van der Waals surface area contributed by atoms with Crippen LogP contribution in [0.5, 0.6) is 0 Å². The van der Waals surface area contributed by atoms with Gasteiger partial charge < -0.3 is 9.64 Å². The normalized spacial score (nSPS) is 16.7. The van der Waals surface area contributed by atoms with Crippen molar-refractivity contribution in [2.24, 2.45) is 5.92 Å². The van der Waals surface area contributed by atoms with Gasteiger partial charge in [-0.25, -0.2) is 0 Å². The highest BCUT2D eigenvalue weighted by molar-refractivity contribution is 7.10. The molecule has 0 spiro atoms. The molecular weight excluding hydrogens is 286 g/mol. The molecule has 0 bridgehead atoms. The average Bonchev–Trinajstić information content (AvgIpc) is 3.16. The van der Waals surface area contributed by atoms with Crippen LogP contribution in [-0.4, -0.2) is 36.5 Å². The fourth-order valence-corrected chi connectivity index (χ4v) is 3.60. The molecule has 1 atom stereocenters. The Morgan fingerprint density at radius 2 is 2.14 bits per heavy atom. The number of methoxy groups -OCH3 is 1. The van der Waals surface area contributed by atoms with Crippen molar-refractivity contribution in [1.29, 1.82) is 0 Å². The number of amides is 1. The number of ether oxygens (including phenoxy) is 1. The quantitative estimate of drug-likeness (QED) is 0.759. The molecule has 21 heavy (non-hydrogen) atoms. The topological polar surface area (TPSA) is 46.6 Å². The SMILES string of the molecule is COC(=O)C(C)CN(C(=O)Cc1cccs1)C1CCCC1. The molecule has 1 aromatic heterocycles. The van der Waals surface area contributed by atoms with E-state index in [2.05, 4.69) is 0 Å². The molecule has 1 fully saturated rings. The van der Waals surface area contributed by atoms with Crippen molar-refractivity contribution < 1.29 is 14.3 Å². The van der Waals surface area contributed by atoms with E-state index in [1.165, 1.54) is 20.0 Å². The van der Waals surface area contributed by atoms with Crippen molar-refractivity contribution in [2.45, 2.75) is 45.1 Å². The third-order valence-electron chi connectivity index (χ3n) is 4.07. The molecule has 0 saturated heterocycles. The highest BCUT2D eigenvalue weighted by Gasteiger charge is 2.29. The van der Waals surface area contributed by atoms with Gasteiger partial charge in [0, 0.05) is 17.5 Å². The van der Waals surface area contributed by atoms with Crippen molar-refractivity contribution in [2.75, 3.05) is 13.7 Å². The fraction of sp³-hybridized carbons (Fsp3) is 0.625. The molecule has 0 aromatic carbocycles. The second kappa shape index (κ2) is 7.59. The van der Waals surface area contributed by atoms with Gasteiger partial charge in [-0.2, -0.15) is 0 Å². The van der Waals surface area contributed by atoms with Crippen molar-refractivity contribution in [3.05, 3.63) is 22.4 Å². The summed E-state index contributed by atoms with van der Waals surface area (Å²) in [5.41, 5.74) is 0. The van der Waals surface area contributed by atoms with E-state index < -0.39 is 0 Å². The van der Waals surface area contributed by atoms with Crippen LogP contribution in [0.3, 0.4) is 0 Å². The van der Waals surface area contributed by atoms with Gasteiger partial charge in [0.2, 0.25) is 5.91 Å². The smallest absolute Gasteiger partial charge is 0.310 e. The van der Waals surface area contributed by atoms with E-state index >= 15 is 0 Å². The molecule has 4 nitrogen and oxygen atoms in total. The molecule has 0 radical (unpaired) electrons. The van der Waals surface area contributed by atoms with Gasteiger partial charge in [-0.3, -0.25) is 9.59 Å². The lowest BCUT2D eigenvalue weighted by atomic mass is 10.1. The molecule has 0 N–H and O–H groups in total. The van der Waals surface area contributed by atoms with Gasteiger partial charge in [0.15, 0.2) is 0 Å². The molecule has 5 heteroatoms. The molecule has 2 rings (SSSR count). The molecule has 1 saturated carbocycles. The van der Waals surface area contributed by atoms with Crippen LogP contribution in [0.4, 0.5) is 0 Å². The summed E-state index contributed by atoms with van der Waals surface area (Å²) < 4.78 is 4.79. The summed E-state index contributed by atoms with van der Waals surface area (Å²) in [6.45, 7) is 2.29. The van der Waals surface area contributed by atoms with Gasteiger partial charge in [0.1, 0.15) is 0 Å². The summed E-state index contributed by atoms with van der Waals surface area (Å²) in [5.74, 6) is -0.398. The molecular formula is C16H23NO3S. The minimum absolute atomic E-state index is 0.125. The van der Waals surface area contributed by atoms with Gasteiger partial charge in [-0.1, -0.05) is 25.8 Å². The number of hydrogen-bond donors (Lipinski definition) is 0. The number of nitrogens with zero attached hydrogens (tertiary/aromatic N) is 1. The average molecular weight is 309 g/mol. The minimum Gasteiger partial charge on any atom is -0.469 e. The van der Waals surface area contributed by atoms with Crippen LogP contribution in [-0.2, 0) is 20.7 Å². The molecule has 1 amide bonds. The van der Waals surface area contributed by atoms with E-state index in [4.69, 9.17) is 4.74 Å². The minimum atomic E-state index is -0.275. The lowest BCUT2D eigenvalue weighted by Crippen LogP contribution is -2.43. The maximum atomic E-state index is 12.6. The van der Waals surface area contributed by atoms with Gasteiger partial charge in [-0.05, 0) is 24.3 Å². The van der Waals surface area contributed by atoms with Crippen molar-refractivity contribution in [3.8, 4) is 0 Å². The Morgan fingerprint density at radius 3 is 2.71 bits per heavy atom. The zero-order valence-electron chi connectivity index (χ0n) is 12.7. The molecule has 0 aliphatic heterocycles. The van der Waals surface area contributed by atoms with Crippen LogP contribution in [0, 0.1) is 5.92 Å². The third kappa shape index (κ3) is 4.30. The molecule has 116 valence electrons. The van der Waals surface area contributed by atoms with Crippen molar-refractivity contribution in [3.63, 3.8) is 0 Å². The fourth-order valence-electron chi connectivity index (χ4n) is 2.90. The van der Waals surface area contributed by atoms with Gasteiger partial charge >= 0.3 is 5.97 Å². The van der Waals surface area contributed by atoms with Crippen LogP contribution < -0.4 is 0 Å². The molecule has 1 heterocycles. The third-order valence-corrected chi connectivity index (χ3v) is 4.94. The zero-order valence-corrected chi connectivity index (χ0v) is 13.5. The van der Waals surface area contributed by atoms with Crippen molar-refractivity contribution in [1.82, 2.24) is 4.90 Å². The summed E-state index contributed by atoms with van der Waals surface area (Å²) >= 11 is 1.60. The van der Waals surface area contributed by atoms with Gasteiger partial charge in [0.05, 0.1) is 19.4 Å². The van der Waals surface area contributed by atoms with Gasteiger partial charge in [0.25, 0.3) is 0 Å². The first-order valence-corrected chi connectivity index (χ1v) is 8.39. The summed E-state index contributed by atoms with van der Waals surface area (Å²) in [7, 11) is 1.40. The van der Waals surface area contributed by atoms with E-state index in [-0.39, 0.29) is 23.8 Å². The highest BCUT2D eigenvalue weighted by Crippen LogP contribution is 2.25. The maximum Gasteiger partial charge on any atom is 0.310 e. The predicted molar refractivity (Wildman–Crippen MR) is 83.2 cm³/mol. The monoisotopic (exact) mass is 309 g/mol. The maximum absolute atomic E-state index is 12.6. The second-order valence-electron chi connectivity index (χ2n) is 5.66. The Hall–Kier alpha value is -1.36. The van der Waals surface area contributed by atoms with Crippen LogP contribution in [0.15, 0.2) is 17.5 Å². The van der Waals surface area contributed by atoms with E-state index in [1.54, 1.807) is 11.3 Å². The van der Waals surface area contributed by atoms with Crippen LogP contribution in [0.1, 0.15) is 37.5 Å². The van der Waals surface area contributed by atoms with E-state index in [9.17, 15) is 9.59 Å². The Labute approximate surface area is 130 Å². The molecule has 1 aliphatic carbocycles. The van der Waals surface area contributed by atoms with Crippen molar-refractivity contribution >= 4 is 23.2 Å². The summed E-state index contributed by atoms with van der Waals surface area (Å²) in [5, 5.41) is 1.99. The first-order chi connectivity index (χ1) is 10.1. The lowest BCUT2D eigenvalue weighted by molar-refractivity contribution is -0.147. The number of carbonyl (C=O) groups excluding carboxylic acids is 2. The summed E-state index contributed by atoms with van der Waals surface area (Å²) in [6.07, 6.45) is 4.86. The van der Waals surface area contributed by atoms with Crippen LogP contribution in [0.25, 0.3) is 0 Å². The van der Waals surface area contributed by atoms with E-state index in [1.807, 2.05) is 29.3 Å². The molecule has 1 aromatic rings.